The van der Waals surface area contributed by atoms with E-state index in [4.69, 9.17) is 11.6 Å². The van der Waals surface area contributed by atoms with Crippen LogP contribution in [0.4, 0.5) is 0 Å². The minimum Gasteiger partial charge on any atom is -0.310 e. The fourth-order valence-corrected chi connectivity index (χ4v) is 2.64. The van der Waals surface area contributed by atoms with Gasteiger partial charge in [0.25, 0.3) is 0 Å². The van der Waals surface area contributed by atoms with E-state index in [-0.39, 0.29) is 0 Å². The van der Waals surface area contributed by atoms with Crippen LogP contribution < -0.4 is 5.32 Å². The third-order valence-electron chi connectivity index (χ3n) is 3.69. The van der Waals surface area contributed by atoms with Crippen LogP contribution in [0.15, 0.2) is 48.5 Å². The van der Waals surface area contributed by atoms with Gasteiger partial charge in [-0.1, -0.05) is 54.9 Å². The SMILES string of the molecule is CCNC(CCc1ccccc1C)c1ccc(Cl)cc1. The Bertz CT molecular complexity index is 533. The first-order valence-corrected chi connectivity index (χ1v) is 7.62. The van der Waals surface area contributed by atoms with Crippen LogP contribution in [0.5, 0.6) is 0 Å². The summed E-state index contributed by atoms with van der Waals surface area (Å²) >= 11 is 5.97. The van der Waals surface area contributed by atoms with Crippen molar-refractivity contribution in [3.63, 3.8) is 0 Å². The number of hydrogen-bond acceptors (Lipinski definition) is 1. The predicted octanol–water partition coefficient (Wildman–Crippen LogP) is 4.93. The highest BCUT2D eigenvalue weighted by molar-refractivity contribution is 6.30. The van der Waals surface area contributed by atoms with Crippen LogP contribution in [0.2, 0.25) is 5.02 Å². The van der Waals surface area contributed by atoms with Gasteiger partial charge in [-0.2, -0.15) is 0 Å². The summed E-state index contributed by atoms with van der Waals surface area (Å²) in [7, 11) is 0. The van der Waals surface area contributed by atoms with Crippen LogP contribution >= 0.6 is 11.6 Å². The van der Waals surface area contributed by atoms with Crippen LogP contribution in [0.1, 0.15) is 36.1 Å². The van der Waals surface area contributed by atoms with Crippen LogP contribution in [-0.4, -0.2) is 6.54 Å². The number of hydrogen-bond donors (Lipinski definition) is 1. The average molecular weight is 288 g/mol. The van der Waals surface area contributed by atoms with Gasteiger partial charge in [-0.05, 0) is 55.1 Å². The molecule has 20 heavy (non-hydrogen) atoms. The molecule has 0 aliphatic rings. The number of rotatable bonds is 6. The van der Waals surface area contributed by atoms with Gasteiger partial charge in [0.1, 0.15) is 0 Å². The summed E-state index contributed by atoms with van der Waals surface area (Å²) in [4.78, 5) is 0. The predicted molar refractivity (Wildman–Crippen MR) is 87.4 cm³/mol. The van der Waals surface area contributed by atoms with E-state index in [2.05, 4.69) is 55.6 Å². The maximum Gasteiger partial charge on any atom is 0.0406 e. The van der Waals surface area contributed by atoms with Crippen molar-refractivity contribution in [1.82, 2.24) is 5.32 Å². The molecule has 0 amide bonds. The first-order valence-electron chi connectivity index (χ1n) is 7.24. The maximum absolute atomic E-state index is 5.97. The third kappa shape index (κ3) is 4.09. The molecule has 0 aliphatic carbocycles. The lowest BCUT2D eigenvalue weighted by atomic mass is 9.97. The highest BCUT2D eigenvalue weighted by Crippen LogP contribution is 2.22. The number of nitrogens with one attached hydrogen (secondary N) is 1. The zero-order valence-electron chi connectivity index (χ0n) is 12.2. The first-order chi connectivity index (χ1) is 9.70. The summed E-state index contributed by atoms with van der Waals surface area (Å²) < 4.78 is 0. The zero-order valence-corrected chi connectivity index (χ0v) is 13.0. The molecule has 2 heteroatoms. The maximum atomic E-state index is 5.97. The molecule has 0 spiro atoms. The molecule has 2 aromatic carbocycles. The molecule has 1 atom stereocenters. The molecule has 1 N–H and O–H groups in total. The summed E-state index contributed by atoms with van der Waals surface area (Å²) in [6.45, 7) is 5.30. The van der Waals surface area contributed by atoms with Gasteiger partial charge in [0.05, 0.1) is 0 Å². The molecule has 1 unspecified atom stereocenters. The Kier molecular flexibility index (Phi) is 5.63. The standard InChI is InChI=1S/C18H22ClN/c1-3-20-18(16-8-11-17(19)12-9-16)13-10-15-7-5-4-6-14(15)2/h4-9,11-12,18,20H,3,10,13H2,1-2H3. The summed E-state index contributed by atoms with van der Waals surface area (Å²) in [5.74, 6) is 0. The van der Waals surface area contributed by atoms with Gasteiger partial charge in [-0.15, -0.1) is 0 Å². The van der Waals surface area contributed by atoms with Crippen molar-refractivity contribution in [3.8, 4) is 0 Å². The second-order valence-electron chi connectivity index (χ2n) is 5.13. The second-order valence-corrected chi connectivity index (χ2v) is 5.56. The lowest BCUT2D eigenvalue weighted by molar-refractivity contribution is 0.515. The minimum absolute atomic E-state index is 0.386. The van der Waals surface area contributed by atoms with Crippen molar-refractivity contribution in [2.75, 3.05) is 6.54 Å². The zero-order chi connectivity index (χ0) is 14.4. The molecule has 0 radical (unpaired) electrons. The summed E-state index contributed by atoms with van der Waals surface area (Å²) in [6, 6.07) is 17.2. The molecule has 0 heterocycles. The Balaban J connectivity index is 2.06. The van der Waals surface area contributed by atoms with Crippen molar-refractivity contribution in [1.29, 1.82) is 0 Å². The molecule has 0 saturated carbocycles. The van der Waals surface area contributed by atoms with Crippen LogP contribution in [0, 0.1) is 6.92 Å². The van der Waals surface area contributed by atoms with Crippen molar-refractivity contribution in [2.45, 2.75) is 32.7 Å². The van der Waals surface area contributed by atoms with Gasteiger partial charge >= 0.3 is 0 Å². The molecular weight excluding hydrogens is 266 g/mol. The largest absolute Gasteiger partial charge is 0.310 e. The molecule has 0 bridgehead atoms. The van der Waals surface area contributed by atoms with E-state index in [1.165, 1.54) is 16.7 Å². The molecule has 2 aromatic rings. The Morgan fingerprint density at radius 2 is 1.75 bits per heavy atom. The normalized spacial score (nSPS) is 12.3. The van der Waals surface area contributed by atoms with Crippen LogP contribution in [-0.2, 0) is 6.42 Å². The van der Waals surface area contributed by atoms with Gasteiger partial charge in [-0.3, -0.25) is 0 Å². The second kappa shape index (κ2) is 7.47. The number of benzene rings is 2. The Hall–Kier alpha value is -1.31. The van der Waals surface area contributed by atoms with Gasteiger partial charge < -0.3 is 5.32 Å². The van der Waals surface area contributed by atoms with Gasteiger partial charge in [0, 0.05) is 11.1 Å². The minimum atomic E-state index is 0.386. The monoisotopic (exact) mass is 287 g/mol. The molecule has 0 aliphatic heterocycles. The van der Waals surface area contributed by atoms with Crippen LogP contribution in [0.3, 0.4) is 0 Å². The fraction of sp³-hybridized carbons (Fsp3) is 0.333. The molecule has 0 saturated heterocycles. The van der Waals surface area contributed by atoms with E-state index < -0.39 is 0 Å². The van der Waals surface area contributed by atoms with E-state index in [1.54, 1.807) is 0 Å². The quantitative estimate of drug-likeness (QED) is 0.794. The summed E-state index contributed by atoms with van der Waals surface area (Å²) in [5.41, 5.74) is 4.12. The van der Waals surface area contributed by atoms with Gasteiger partial charge in [-0.25, -0.2) is 0 Å². The summed E-state index contributed by atoms with van der Waals surface area (Å²) in [5, 5.41) is 4.36. The van der Waals surface area contributed by atoms with Crippen molar-refractivity contribution in [2.24, 2.45) is 0 Å². The van der Waals surface area contributed by atoms with E-state index in [0.29, 0.717) is 6.04 Å². The van der Waals surface area contributed by atoms with E-state index >= 15 is 0 Å². The van der Waals surface area contributed by atoms with E-state index in [1.807, 2.05) is 12.1 Å². The third-order valence-corrected chi connectivity index (χ3v) is 3.94. The topological polar surface area (TPSA) is 12.0 Å². The van der Waals surface area contributed by atoms with E-state index in [0.717, 1.165) is 24.4 Å². The smallest absolute Gasteiger partial charge is 0.0406 e. The van der Waals surface area contributed by atoms with Gasteiger partial charge in [0.2, 0.25) is 0 Å². The average Bonchev–Trinajstić information content (AvgIpc) is 2.46. The molecule has 0 fully saturated rings. The molecule has 106 valence electrons. The highest BCUT2D eigenvalue weighted by Gasteiger charge is 2.10. The molecular formula is C18H22ClN. The van der Waals surface area contributed by atoms with Gasteiger partial charge in [0.15, 0.2) is 0 Å². The molecule has 2 rings (SSSR count). The Morgan fingerprint density at radius 1 is 1.05 bits per heavy atom. The lowest BCUT2D eigenvalue weighted by Gasteiger charge is -2.19. The Labute approximate surface area is 127 Å². The number of aryl methyl sites for hydroxylation is 2. The van der Waals surface area contributed by atoms with Crippen molar-refractivity contribution < 1.29 is 0 Å². The van der Waals surface area contributed by atoms with Crippen molar-refractivity contribution in [3.05, 3.63) is 70.2 Å². The number of halogens is 1. The Morgan fingerprint density at radius 3 is 2.40 bits per heavy atom. The first kappa shape index (κ1) is 15.1. The van der Waals surface area contributed by atoms with Crippen molar-refractivity contribution >= 4 is 11.6 Å². The molecule has 0 aromatic heterocycles. The molecule has 1 nitrogen and oxygen atoms in total. The lowest BCUT2D eigenvalue weighted by Crippen LogP contribution is -2.21. The summed E-state index contributed by atoms with van der Waals surface area (Å²) in [6.07, 6.45) is 2.19. The van der Waals surface area contributed by atoms with E-state index in [9.17, 15) is 0 Å². The highest BCUT2D eigenvalue weighted by atomic mass is 35.5. The fourth-order valence-electron chi connectivity index (χ4n) is 2.52. The van der Waals surface area contributed by atoms with Crippen LogP contribution in [0.25, 0.3) is 0 Å².